The van der Waals surface area contributed by atoms with Gasteiger partial charge in [0.2, 0.25) is 0 Å². The maximum atomic E-state index is 5.02. The summed E-state index contributed by atoms with van der Waals surface area (Å²) in [5.41, 5.74) is 3.56. The molecule has 0 aliphatic heterocycles. The Morgan fingerprint density at radius 2 is 1.59 bits per heavy atom. The molecule has 4 heteroatoms. The number of fused-ring (bicyclic) bond motifs is 3. The van der Waals surface area contributed by atoms with Gasteiger partial charge in [0, 0.05) is 11.1 Å². The van der Waals surface area contributed by atoms with E-state index in [2.05, 4.69) is 92.9 Å². The Bertz CT molecular complexity index is 1080. The van der Waals surface area contributed by atoms with E-state index in [0.717, 1.165) is 28.5 Å². The van der Waals surface area contributed by atoms with Gasteiger partial charge in [0.15, 0.2) is 4.96 Å². The van der Waals surface area contributed by atoms with Gasteiger partial charge < -0.3 is 5.32 Å². The van der Waals surface area contributed by atoms with Gasteiger partial charge in [0.25, 0.3) is 0 Å². The van der Waals surface area contributed by atoms with Crippen LogP contribution in [0.5, 0.6) is 0 Å². The SMILES string of the molecule is CC(C)(C)CC(C)(C)Nc1c(-c2ccccc2)nc2sc3ccccc3n12. The maximum absolute atomic E-state index is 5.02. The zero-order valence-corrected chi connectivity index (χ0v) is 17.5. The smallest absolute Gasteiger partial charge is 0.197 e. The summed E-state index contributed by atoms with van der Waals surface area (Å²) in [7, 11) is 0. The van der Waals surface area contributed by atoms with E-state index >= 15 is 0 Å². The van der Waals surface area contributed by atoms with E-state index in [9.17, 15) is 0 Å². The topological polar surface area (TPSA) is 29.3 Å². The number of hydrogen-bond donors (Lipinski definition) is 1. The highest BCUT2D eigenvalue weighted by atomic mass is 32.1. The van der Waals surface area contributed by atoms with Crippen LogP contribution in [-0.2, 0) is 0 Å². The van der Waals surface area contributed by atoms with E-state index in [4.69, 9.17) is 4.98 Å². The normalized spacial score (nSPS) is 12.8. The van der Waals surface area contributed by atoms with Crippen LogP contribution in [-0.4, -0.2) is 14.9 Å². The first kappa shape index (κ1) is 18.1. The van der Waals surface area contributed by atoms with Crippen molar-refractivity contribution in [1.82, 2.24) is 9.38 Å². The summed E-state index contributed by atoms with van der Waals surface area (Å²) in [6, 6.07) is 19.0. The van der Waals surface area contributed by atoms with E-state index in [1.807, 2.05) is 6.07 Å². The Labute approximate surface area is 165 Å². The Morgan fingerprint density at radius 1 is 0.926 bits per heavy atom. The molecule has 0 atom stereocenters. The lowest BCUT2D eigenvalue weighted by Gasteiger charge is -2.34. The van der Waals surface area contributed by atoms with Gasteiger partial charge in [-0.3, -0.25) is 4.40 Å². The van der Waals surface area contributed by atoms with Crippen molar-refractivity contribution in [2.75, 3.05) is 5.32 Å². The number of nitrogens with zero attached hydrogens (tertiary/aromatic N) is 2. The van der Waals surface area contributed by atoms with Gasteiger partial charge in [-0.05, 0) is 37.8 Å². The van der Waals surface area contributed by atoms with Gasteiger partial charge in [-0.2, -0.15) is 0 Å². The first-order valence-electron chi connectivity index (χ1n) is 9.47. The van der Waals surface area contributed by atoms with Crippen molar-refractivity contribution >= 4 is 32.3 Å². The maximum Gasteiger partial charge on any atom is 0.197 e. The number of anilines is 1. The van der Waals surface area contributed by atoms with Crippen molar-refractivity contribution in [2.24, 2.45) is 5.41 Å². The minimum atomic E-state index is -0.0548. The van der Waals surface area contributed by atoms with Crippen LogP contribution in [0.1, 0.15) is 41.0 Å². The average molecular weight is 378 g/mol. The largest absolute Gasteiger partial charge is 0.364 e. The third-order valence-corrected chi connectivity index (χ3v) is 5.65. The lowest BCUT2D eigenvalue weighted by Crippen LogP contribution is -2.36. The predicted octanol–water partition coefficient (Wildman–Crippen LogP) is 6.84. The van der Waals surface area contributed by atoms with Crippen molar-refractivity contribution in [2.45, 2.75) is 46.6 Å². The van der Waals surface area contributed by atoms with E-state index in [0.29, 0.717) is 0 Å². The van der Waals surface area contributed by atoms with Gasteiger partial charge in [-0.1, -0.05) is 74.6 Å². The molecule has 4 rings (SSSR count). The molecule has 0 bridgehead atoms. The van der Waals surface area contributed by atoms with Crippen molar-refractivity contribution in [1.29, 1.82) is 0 Å². The average Bonchev–Trinajstić information content (AvgIpc) is 3.10. The number of imidazole rings is 1. The molecule has 2 aromatic heterocycles. The molecule has 0 fully saturated rings. The summed E-state index contributed by atoms with van der Waals surface area (Å²) in [6.07, 6.45) is 1.06. The number of aromatic nitrogens is 2. The number of thiazole rings is 1. The molecule has 1 N–H and O–H groups in total. The number of rotatable bonds is 4. The second-order valence-corrected chi connectivity index (χ2v) is 10.1. The summed E-state index contributed by atoms with van der Waals surface area (Å²) in [5.74, 6) is 1.09. The van der Waals surface area contributed by atoms with Crippen LogP contribution in [0.15, 0.2) is 54.6 Å². The molecule has 140 valence electrons. The molecule has 2 heterocycles. The number of hydrogen-bond acceptors (Lipinski definition) is 3. The minimum Gasteiger partial charge on any atom is -0.364 e. The Kier molecular flexibility index (Phi) is 4.26. The molecule has 0 radical (unpaired) electrons. The summed E-state index contributed by atoms with van der Waals surface area (Å²) < 4.78 is 3.54. The molecule has 0 amide bonds. The molecule has 0 aliphatic rings. The highest BCUT2D eigenvalue weighted by Gasteiger charge is 2.28. The second kappa shape index (κ2) is 6.38. The molecule has 0 saturated carbocycles. The van der Waals surface area contributed by atoms with E-state index in [1.54, 1.807) is 11.3 Å². The summed E-state index contributed by atoms with van der Waals surface area (Å²) in [4.78, 5) is 6.05. The van der Waals surface area contributed by atoms with Gasteiger partial charge in [-0.25, -0.2) is 4.98 Å². The van der Waals surface area contributed by atoms with E-state index in [-0.39, 0.29) is 11.0 Å². The number of para-hydroxylation sites is 1. The lowest BCUT2D eigenvalue weighted by molar-refractivity contribution is 0.302. The van der Waals surface area contributed by atoms with Crippen molar-refractivity contribution in [3.63, 3.8) is 0 Å². The monoisotopic (exact) mass is 377 g/mol. The fourth-order valence-electron chi connectivity index (χ4n) is 4.12. The van der Waals surface area contributed by atoms with Crippen LogP contribution >= 0.6 is 11.3 Å². The summed E-state index contributed by atoms with van der Waals surface area (Å²) >= 11 is 1.74. The van der Waals surface area contributed by atoms with Crippen LogP contribution in [0.25, 0.3) is 26.4 Å². The fraction of sp³-hybridized carbons (Fsp3) is 0.348. The van der Waals surface area contributed by atoms with Gasteiger partial charge in [0.1, 0.15) is 11.5 Å². The zero-order chi connectivity index (χ0) is 19.2. The highest BCUT2D eigenvalue weighted by Crippen LogP contribution is 2.38. The van der Waals surface area contributed by atoms with E-state index < -0.39 is 0 Å². The summed E-state index contributed by atoms with van der Waals surface area (Å²) in [5, 5.41) is 3.85. The number of nitrogens with one attached hydrogen (secondary N) is 1. The zero-order valence-electron chi connectivity index (χ0n) is 16.7. The molecule has 4 aromatic rings. The second-order valence-electron chi connectivity index (χ2n) is 9.11. The lowest BCUT2D eigenvalue weighted by atomic mass is 9.82. The molecule has 0 saturated heterocycles. The Morgan fingerprint density at radius 3 is 2.30 bits per heavy atom. The molecule has 0 spiro atoms. The third kappa shape index (κ3) is 3.59. The van der Waals surface area contributed by atoms with E-state index in [1.165, 1.54) is 10.2 Å². The molecule has 0 aliphatic carbocycles. The van der Waals surface area contributed by atoms with Crippen molar-refractivity contribution in [3.05, 3.63) is 54.6 Å². The molecule has 2 aromatic carbocycles. The molecular formula is C23H27N3S. The summed E-state index contributed by atoms with van der Waals surface area (Å²) in [6.45, 7) is 11.4. The fourth-order valence-corrected chi connectivity index (χ4v) is 5.15. The minimum absolute atomic E-state index is 0.0548. The van der Waals surface area contributed by atoms with Gasteiger partial charge in [0.05, 0.1) is 10.2 Å². The molecule has 3 nitrogen and oxygen atoms in total. The standard InChI is InChI=1S/C23H27N3S/c1-22(2,3)15-23(4,5)25-20-19(16-11-7-6-8-12-16)24-21-26(20)17-13-9-10-14-18(17)27-21/h6-14,25H,15H2,1-5H3. The van der Waals surface area contributed by atoms with Crippen LogP contribution in [0.3, 0.4) is 0 Å². The first-order chi connectivity index (χ1) is 12.7. The quantitative estimate of drug-likeness (QED) is 0.422. The molecule has 0 unspecified atom stereocenters. The highest BCUT2D eigenvalue weighted by molar-refractivity contribution is 7.23. The van der Waals surface area contributed by atoms with Crippen LogP contribution < -0.4 is 5.32 Å². The predicted molar refractivity (Wildman–Crippen MR) is 118 cm³/mol. The van der Waals surface area contributed by atoms with Crippen molar-refractivity contribution < 1.29 is 0 Å². The van der Waals surface area contributed by atoms with Crippen LogP contribution in [0.2, 0.25) is 0 Å². The number of benzene rings is 2. The molecule has 27 heavy (non-hydrogen) atoms. The Hall–Kier alpha value is -2.33. The molecular weight excluding hydrogens is 350 g/mol. The third-order valence-electron chi connectivity index (χ3n) is 4.63. The van der Waals surface area contributed by atoms with Gasteiger partial charge >= 0.3 is 0 Å². The van der Waals surface area contributed by atoms with Crippen LogP contribution in [0.4, 0.5) is 5.82 Å². The first-order valence-corrected chi connectivity index (χ1v) is 10.3. The van der Waals surface area contributed by atoms with Gasteiger partial charge in [-0.15, -0.1) is 0 Å². The van der Waals surface area contributed by atoms with Crippen molar-refractivity contribution in [3.8, 4) is 11.3 Å². The Balaban J connectivity index is 1.92. The van der Waals surface area contributed by atoms with Crippen LogP contribution in [0, 0.1) is 5.41 Å².